The van der Waals surface area contributed by atoms with Gasteiger partial charge in [-0.05, 0) is 51.0 Å². The molecule has 0 saturated carbocycles. The third-order valence-corrected chi connectivity index (χ3v) is 11.1. The van der Waals surface area contributed by atoms with Crippen LogP contribution in [0.2, 0.25) is 0 Å². The highest BCUT2D eigenvalue weighted by atomic mass is 127. The molecular formula is C19H14F3INO5S+2. The number of alkyl halides is 3. The molecular weight excluding hydrogens is 538 g/mol. The normalized spacial score (nSPS) is 12.1. The van der Waals surface area contributed by atoms with Crippen LogP contribution in [0.3, 0.4) is 0 Å². The van der Waals surface area contributed by atoms with E-state index in [1.807, 2.05) is 0 Å². The van der Waals surface area contributed by atoms with Gasteiger partial charge in [-0.2, -0.15) is 21.6 Å². The second kappa shape index (κ2) is 8.70. The van der Waals surface area contributed by atoms with E-state index in [1.54, 1.807) is 30.3 Å². The van der Waals surface area contributed by atoms with Crippen molar-refractivity contribution in [3.63, 3.8) is 0 Å². The number of halogens is 4. The van der Waals surface area contributed by atoms with E-state index in [2.05, 4.69) is 0 Å². The molecule has 0 aliphatic heterocycles. The second-order valence-electron chi connectivity index (χ2n) is 5.83. The van der Waals surface area contributed by atoms with Crippen LogP contribution in [-0.4, -0.2) is 18.5 Å². The zero-order valence-electron chi connectivity index (χ0n) is 15.0. The van der Waals surface area contributed by atoms with E-state index in [1.165, 1.54) is 24.3 Å². The van der Waals surface area contributed by atoms with Gasteiger partial charge >= 0.3 is 42.2 Å². The summed E-state index contributed by atoms with van der Waals surface area (Å²) >= 11 is -3.08. The van der Waals surface area contributed by atoms with Gasteiger partial charge in [0.05, 0.1) is 15.4 Å². The van der Waals surface area contributed by atoms with Gasteiger partial charge in [0.1, 0.15) is 0 Å². The first kappa shape index (κ1) is 22.2. The standard InChI is InChI=1S/C19H14F3INO5S/c20-19(21,22)14-6-12-18(13-7-14)30(27,28)29-23(15-4-2-1-3-5-15)16-8-10-17(11-9-16)24(25)26/h1-13H,(H,25,26)/q+2. The highest BCUT2D eigenvalue weighted by Crippen LogP contribution is 2.29. The van der Waals surface area contributed by atoms with Crippen LogP contribution in [0.5, 0.6) is 0 Å². The van der Waals surface area contributed by atoms with Crippen molar-refractivity contribution >= 4 is 15.8 Å². The van der Waals surface area contributed by atoms with Crippen molar-refractivity contribution in [2.75, 3.05) is 0 Å². The monoisotopic (exact) mass is 552 g/mol. The smallest absolute Gasteiger partial charge is 0.241 e. The van der Waals surface area contributed by atoms with Gasteiger partial charge in [-0.3, -0.25) is 0 Å². The summed E-state index contributed by atoms with van der Waals surface area (Å²) in [5, 5.41) is 8.97. The Morgan fingerprint density at radius 1 is 0.833 bits per heavy atom. The van der Waals surface area contributed by atoms with E-state index in [-0.39, 0.29) is 10.6 Å². The predicted octanol–water partition coefficient (Wildman–Crippen LogP) is 1.49. The molecule has 3 aromatic rings. The van der Waals surface area contributed by atoms with E-state index >= 15 is 0 Å². The largest absolute Gasteiger partial charge is 0.416 e. The zero-order chi connectivity index (χ0) is 21.9. The van der Waals surface area contributed by atoms with Crippen molar-refractivity contribution in [3.05, 3.63) is 96.5 Å². The Hall–Kier alpha value is -2.51. The fraction of sp³-hybridized carbons (Fsp3) is 0.0526. The first-order valence-electron chi connectivity index (χ1n) is 8.21. The Bertz CT molecular complexity index is 1140. The maximum Gasteiger partial charge on any atom is 0.416 e. The quantitative estimate of drug-likeness (QED) is 0.371. The molecule has 0 aromatic heterocycles. The van der Waals surface area contributed by atoms with E-state index in [4.69, 9.17) is 7.72 Å². The fourth-order valence-corrected chi connectivity index (χ4v) is 9.28. The molecule has 6 nitrogen and oxygen atoms in total. The van der Waals surface area contributed by atoms with Crippen LogP contribution in [0.4, 0.5) is 18.9 Å². The lowest BCUT2D eigenvalue weighted by Gasteiger charge is -2.08. The van der Waals surface area contributed by atoms with E-state index < -0.39 is 47.0 Å². The number of nitrogens with zero attached hydrogens (tertiary/aromatic N) is 1. The van der Waals surface area contributed by atoms with Gasteiger partial charge in [-0.1, -0.05) is 18.2 Å². The highest BCUT2D eigenvalue weighted by Gasteiger charge is 2.38. The molecule has 0 atom stereocenters. The van der Waals surface area contributed by atoms with Crippen molar-refractivity contribution in [1.82, 2.24) is 0 Å². The molecule has 0 amide bonds. The van der Waals surface area contributed by atoms with Gasteiger partial charge < -0.3 is 0 Å². The maximum atomic E-state index is 12.8. The molecule has 1 N–H and O–H groups in total. The van der Waals surface area contributed by atoms with Crippen molar-refractivity contribution in [1.29, 1.82) is 0 Å². The zero-order valence-corrected chi connectivity index (χ0v) is 17.9. The van der Waals surface area contributed by atoms with Crippen molar-refractivity contribution in [2.45, 2.75) is 11.1 Å². The molecule has 0 spiro atoms. The summed E-state index contributed by atoms with van der Waals surface area (Å²) in [6, 6.07) is 17.1. The van der Waals surface area contributed by atoms with Crippen LogP contribution in [0.15, 0.2) is 83.8 Å². The average Bonchev–Trinajstić information content (AvgIpc) is 2.72. The summed E-state index contributed by atoms with van der Waals surface area (Å²) in [6.45, 7) is 0. The van der Waals surface area contributed by atoms with E-state index in [0.29, 0.717) is 19.3 Å². The van der Waals surface area contributed by atoms with Gasteiger partial charge in [-0.25, -0.2) is 5.21 Å². The Morgan fingerprint density at radius 2 is 1.37 bits per heavy atom. The summed E-state index contributed by atoms with van der Waals surface area (Å²) in [7, 11) is -4.36. The van der Waals surface area contributed by atoms with Crippen LogP contribution in [-0.2, 0) is 18.8 Å². The minimum atomic E-state index is -4.59. The van der Waals surface area contributed by atoms with E-state index in [9.17, 15) is 26.5 Å². The molecule has 3 aromatic carbocycles. The molecule has 3 rings (SSSR count). The van der Waals surface area contributed by atoms with Crippen LogP contribution in [0.25, 0.3) is 0 Å². The third-order valence-electron chi connectivity index (χ3n) is 3.79. The molecule has 11 heteroatoms. The van der Waals surface area contributed by atoms with Gasteiger partial charge in [0.25, 0.3) is 4.92 Å². The first-order chi connectivity index (χ1) is 14.1. The fourth-order valence-electron chi connectivity index (χ4n) is 2.34. The molecule has 0 saturated heterocycles. The molecule has 0 aliphatic rings. The van der Waals surface area contributed by atoms with Crippen molar-refractivity contribution in [2.24, 2.45) is 0 Å². The van der Waals surface area contributed by atoms with Crippen LogP contribution < -0.4 is 20.2 Å². The highest BCUT2D eigenvalue weighted by molar-refractivity contribution is 7.86. The lowest BCUT2D eigenvalue weighted by Crippen LogP contribution is -3.85. The maximum absolute atomic E-state index is 12.8. The summed E-state index contributed by atoms with van der Waals surface area (Å²) in [4.78, 5) is 10.3. The first-order valence-corrected chi connectivity index (χ1v) is 12.7. The molecule has 0 unspecified atom stereocenters. The Labute approximate surface area is 177 Å². The summed E-state index contributed by atoms with van der Waals surface area (Å²) in [5.41, 5.74) is -1.02. The Morgan fingerprint density at radius 3 is 1.87 bits per heavy atom. The van der Waals surface area contributed by atoms with Crippen LogP contribution in [0.1, 0.15) is 5.56 Å². The lowest BCUT2D eigenvalue weighted by atomic mass is 10.2. The summed E-state index contributed by atoms with van der Waals surface area (Å²) < 4.78 is 70.4. The van der Waals surface area contributed by atoms with Gasteiger partial charge in [0.15, 0.2) is 7.14 Å². The molecule has 30 heavy (non-hydrogen) atoms. The predicted molar refractivity (Wildman–Crippen MR) is 95.1 cm³/mol. The molecule has 157 valence electrons. The molecule has 0 heterocycles. The summed E-state index contributed by atoms with van der Waals surface area (Å²) in [5.74, 6) is 0. The van der Waals surface area contributed by atoms with Crippen LogP contribution >= 0.6 is 0 Å². The molecule has 0 bridgehead atoms. The van der Waals surface area contributed by atoms with Crippen molar-refractivity contribution in [3.8, 4) is 0 Å². The molecule has 1 radical (unpaired) electrons. The number of hydrogen-bond acceptors (Lipinski definition) is 4. The lowest BCUT2D eigenvalue weighted by molar-refractivity contribution is -1.03. The molecule has 0 fully saturated rings. The third kappa shape index (κ3) is 5.15. The minimum absolute atomic E-state index is 0.0479. The summed E-state index contributed by atoms with van der Waals surface area (Å²) in [6.07, 6.45) is -4.59. The Balaban J connectivity index is 1.97. The molecule has 0 aliphatic carbocycles. The number of hydrogen-bond donors (Lipinski definition) is 1. The van der Waals surface area contributed by atoms with Gasteiger partial charge in [-0.15, -0.1) is 0 Å². The van der Waals surface area contributed by atoms with Crippen molar-refractivity contribution < 1.29 is 54.5 Å². The second-order valence-corrected chi connectivity index (χ2v) is 12.3. The number of benzene rings is 3. The average molecular weight is 552 g/mol. The number of rotatable bonds is 6. The Kier molecular flexibility index (Phi) is 6.43. The van der Waals surface area contributed by atoms with Crippen LogP contribution in [0, 0.1) is 12.0 Å². The van der Waals surface area contributed by atoms with Gasteiger partial charge in [0.2, 0.25) is 0 Å². The topological polar surface area (TPSA) is 83.7 Å². The van der Waals surface area contributed by atoms with Gasteiger partial charge in [0, 0.05) is 12.1 Å². The minimum Gasteiger partial charge on any atom is -0.241 e. The van der Waals surface area contributed by atoms with E-state index in [0.717, 1.165) is 12.1 Å². The SMILES string of the molecule is O=[N+](O)c1ccc([I+](OS(=O)(=O)c2ccc(C(F)(F)F)cc2)c2ccccc2)cc1.